The van der Waals surface area contributed by atoms with Crippen molar-refractivity contribution in [3.8, 4) is 0 Å². The summed E-state index contributed by atoms with van der Waals surface area (Å²) in [5, 5.41) is 4.50. The summed E-state index contributed by atoms with van der Waals surface area (Å²) in [5.41, 5.74) is 3.54. The van der Waals surface area contributed by atoms with Gasteiger partial charge >= 0.3 is 0 Å². The van der Waals surface area contributed by atoms with Crippen LogP contribution in [0.5, 0.6) is 0 Å². The summed E-state index contributed by atoms with van der Waals surface area (Å²) in [6.07, 6.45) is 0. The lowest BCUT2D eigenvalue weighted by molar-refractivity contribution is -0.133. The van der Waals surface area contributed by atoms with Crippen LogP contribution in [0.4, 0.5) is 0 Å². The van der Waals surface area contributed by atoms with E-state index in [0.29, 0.717) is 43.2 Å². The fourth-order valence-electron chi connectivity index (χ4n) is 3.90. The molecule has 0 N–H and O–H groups in total. The molecule has 0 radical (unpaired) electrons. The van der Waals surface area contributed by atoms with Crippen molar-refractivity contribution in [2.45, 2.75) is 26.8 Å². The van der Waals surface area contributed by atoms with Crippen LogP contribution in [0.25, 0.3) is 5.65 Å². The second-order valence-electron chi connectivity index (χ2n) is 7.28. The summed E-state index contributed by atoms with van der Waals surface area (Å²) in [5.74, 6) is -0.394. The SMILES string of the molecule is Cc1cc(C)n2nc(C)c(C(=O)N3C[C@@H]4COC[C@H](C3)N(C)C4=O)c2n1. The standard InChI is InChI=1S/C18H23N5O3/c1-10-5-11(2)23-16(19-10)15(12(3)20-23)18(25)22-6-13-8-26-9-14(7-22)21(4)17(13)24/h5,13-14H,6-9H2,1-4H3/t13-,14+/m1/s1. The number of fused-ring (bicyclic) bond motifs is 4. The highest BCUT2D eigenvalue weighted by Gasteiger charge is 2.39. The maximum absolute atomic E-state index is 13.4. The van der Waals surface area contributed by atoms with E-state index in [0.717, 1.165) is 11.4 Å². The molecular weight excluding hydrogens is 334 g/mol. The third-order valence-electron chi connectivity index (χ3n) is 5.32. The average Bonchev–Trinajstić information content (AvgIpc) is 2.76. The van der Waals surface area contributed by atoms with Gasteiger partial charge in [0, 0.05) is 31.5 Å². The molecule has 26 heavy (non-hydrogen) atoms. The summed E-state index contributed by atoms with van der Waals surface area (Å²) in [7, 11) is 1.79. The molecule has 2 amide bonds. The van der Waals surface area contributed by atoms with Gasteiger partial charge in [0.05, 0.1) is 30.9 Å². The van der Waals surface area contributed by atoms with Crippen LogP contribution in [0.1, 0.15) is 27.4 Å². The number of aromatic nitrogens is 3. The van der Waals surface area contributed by atoms with Crippen molar-refractivity contribution in [1.29, 1.82) is 0 Å². The Morgan fingerprint density at radius 3 is 2.77 bits per heavy atom. The first-order chi connectivity index (χ1) is 12.4. The maximum atomic E-state index is 13.4. The van der Waals surface area contributed by atoms with Crippen LogP contribution in [-0.2, 0) is 9.53 Å². The molecule has 2 atom stereocenters. The highest BCUT2D eigenvalue weighted by atomic mass is 16.5. The minimum atomic E-state index is -0.324. The van der Waals surface area contributed by atoms with Crippen molar-refractivity contribution < 1.29 is 14.3 Å². The Labute approximate surface area is 151 Å². The first-order valence-electron chi connectivity index (χ1n) is 8.84. The lowest BCUT2D eigenvalue weighted by Crippen LogP contribution is -2.45. The zero-order valence-electron chi connectivity index (χ0n) is 15.5. The fourth-order valence-corrected chi connectivity index (χ4v) is 3.90. The van der Waals surface area contributed by atoms with Crippen LogP contribution in [-0.4, -0.2) is 75.6 Å². The van der Waals surface area contributed by atoms with E-state index in [4.69, 9.17) is 4.74 Å². The van der Waals surface area contributed by atoms with Gasteiger partial charge in [-0.05, 0) is 26.8 Å². The molecule has 0 spiro atoms. The molecule has 2 aliphatic rings. The highest BCUT2D eigenvalue weighted by Crippen LogP contribution is 2.24. The third kappa shape index (κ3) is 2.56. The van der Waals surface area contributed by atoms with E-state index in [1.165, 1.54) is 0 Å². The molecule has 138 valence electrons. The van der Waals surface area contributed by atoms with Gasteiger partial charge in [0.15, 0.2) is 5.65 Å². The number of amides is 2. The number of ether oxygens (including phenoxy) is 1. The van der Waals surface area contributed by atoms with E-state index in [2.05, 4.69) is 10.1 Å². The number of nitrogens with zero attached hydrogens (tertiary/aromatic N) is 5. The van der Waals surface area contributed by atoms with Crippen LogP contribution in [0.2, 0.25) is 0 Å². The lowest BCUT2D eigenvalue weighted by Gasteiger charge is -2.29. The van der Waals surface area contributed by atoms with Gasteiger partial charge in [-0.25, -0.2) is 9.50 Å². The van der Waals surface area contributed by atoms with Gasteiger partial charge in [0.2, 0.25) is 5.91 Å². The van der Waals surface area contributed by atoms with Crippen LogP contribution in [0.3, 0.4) is 0 Å². The number of hydrogen-bond donors (Lipinski definition) is 0. The highest BCUT2D eigenvalue weighted by molar-refractivity contribution is 6.01. The molecule has 4 heterocycles. The van der Waals surface area contributed by atoms with Crippen LogP contribution in [0.15, 0.2) is 6.07 Å². The Bertz CT molecular complexity index is 906. The van der Waals surface area contributed by atoms with Gasteiger partial charge in [-0.1, -0.05) is 0 Å². The molecule has 2 saturated heterocycles. The molecule has 2 aromatic heterocycles. The molecule has 0 unspecified atom stereocenters. The van der Waals surface area contributed by atoms with Crippen LogP contribution in [0, 0.1) is 26.7 Å². The van der Waals surface area contributed by atoms with Crippen molar-refractivity contribution in [3.05, 3.63) is 28.7 Å². The number of carbonyl (C=O) groups is 2. The summed E-state index contributed by atoms with van der Waals surface area (Å²) in [6.45, 7) is 7.31. The molecule has 8 heteroatoms. The first-order valence-corrected chi connectivity index (χ1v) is 8.84. The lowest BCUT2D eigenvalue weighted by atomic mass is 10.1. The summed E-state index contributed by atoms with van der Waals surface area (Å²) in [6, 6.07) is 1.81. The molecule has 0 aromatic carbocycles. The molecule has 2 bridgehead atoms. The molecule has 4 rings (SSSR count). The summed E-state index contributed by atoms with van der Waals surface area (Å²) in [4.78, 5) is 33.9. The van der Waals surface area contributed by atoms with Crippen LogP contribution < -0.4 is 0 Å². The van der Waals surface area contributed by atoms with E-state index >= 15 is 0 Å². The van der Waals surface area contributed by atoms with Gasteiger partial charge in [-0.15, -0.1) is 0 Å². The van der Waals surface area contributed by atoms with Crippen LogP contribution >= 0.6 is 0 Å². The van der Waals surface area contributed by atoms with Gasteiger partial charge < -0.3 is 14.5 Å². The fraction of sp³-hybridized carbons (Fsp3) is 0.556. The van der Waals surface area contributed by atoms with E-state index < -0.39 is 0 Å². The summed E-state index contributed by atoms with van der Waals surface area (Å²) < 4.78 is 7.33. The Morgan fingerprint density at radius 1 is 1.23 bits per heavy atom. The molecule has 8 nitrogen and oxygen atoms in total. The molecule has 0 saturated carbocycles. The topological polar surface area (TPSA) is 80.0 Å². The van der Waals surface area contributed by atoms with Crippen molar-refractivity contribution in [3.63, 3.8) is 0 Å². The van der Waals surface area contributed by atoms with Gasteiger partial charge in [-0.2, -0.15) is 5.10 Å². The first kappa shape index (κ1) is 17.0. The largest absolute Gasteiger partial charge is 0.378 e. The normalized spacial score (nSPS) is 23.5. The van der Waals surface area contributed by atoms with Gasteiger partial charge in [0.1, 0.15) is 5.56 Å². The zero-order valence-corrected chi connectivity index (χ0v) is 15.5. The number of carbonyl (C=O) groups excluding carboxylic acids is 2. The maximum Gasteiger partial charge on any atom is 0.259 e. The second-order valence-corrected chi connectivity index (χ2v) is 7.28. The van der Waals surface area contributed by atoms with Gasteiger partial charge in [-0.3, -0.25) is 9.59 Å². The second kappa shape index (κ2) is 6.05. The number of hydrogen-bond acceptors (Lipinski definition) is 5. The van der Waals surface area contributed by atoms with Crippen molar-refractivity contribution in [2.24, 2.45) is 5.92 Å². The minimum Gasteiger partial charge on any atom is -0.378 e. The molecule has 2 aliphatic heterocycles. The predicted octanol–water partition coefficient (Wildman–Crippen LogP) is 0.584. The number of aryl methyl sites for hydroxylation is 3. The predicted molar refractivity (Wildman–Crippen MR) is 94.0 cm³/mol. The van der Waals surface area contributed by atoms with Crippen molar-refractivity contribution in [1.82, 2.24) is 24.4 Å². The van der Waals surface area contributed by atoms with Crippen molar-refractivity contribution >= 4 is 17.5 Å². The van der Waals surface area contributed by atoms with E-state index in [1.807, 2.05) is 26.8 Å². The van der Waals surface area contributed by atoms with E-state index in [1.54, 1.807) is 21.4 Å². The van der Waals surface area contributed by atoms with E-state index in [9.17, 15) is 9.59 Å². The monoisotopic (exact) mass is 357 g/mol. The molecule has 2 aromatic rings. The molecular formula is C18H23N5O3. The summed E-state index contributed by atoms with van der Waals surface area (Å²) >= 11 is 0. The Hall–Kier alpha value is -2.48. The third-order valence-corrected chi connectivity index (χ3v) is 5.32. The minimum absolute atomic E-state index is 0.0456. The molecule has 0 aliphatic carbocycles. The number of likely N-dealkylation sites (N-methyl/N-ethyl adjacent to an activating group) is 1. The Balaban J connectivity index is 1.76. The Morgan fingerprint density at radius 2 is 2.00 bits per heavy atom. The zero-order chi connectivity index (χ0) is 18.6. The van der Waals surface area contributed by atoms with Crippen molar-refractivity contribution in [2.75, 3.05) is 33.4 Å². The smallest absolute Gasteiger partial charge is 0.259 e. The number of rotatable bonds is 1. The van der Waals surface area contributed by atoms with E-state index in [-0.39, 0.29) is 23.8 Å². The average molecular weight is 357 g/mol. The quantitative estimate of drug-likeness (QED) is 0.746. The Kier molecular flexibility index (Phi) is 3.95. The molecule has 2 fully saturated rings. The van der Waals surface area contributed by atoms with Gasteiger partial charge in [0.25, 0.3) is 5.91 Å².